The second-order valence-corrected chi connectivity index (χ2v) is 9.33. The van der Waals surface area contributed by atoms with Crippen LogP contribution >= 0.6 is 27.5 Å². The van der Waals surface area contributed by atoms with E-state index in [0.29, 0.717) is 17.1 Å². The van der Waals surface area contributed by atoms with Crippen molar-refractivity contribution in [2.75, 3.05) is 17.1 Å². The molecule has 6 nitrogen and oxygen atoms in total. The Morgan fingerprint density at radius 3 is 2.45 bits per heavy atom. The van der Waals surface area contributed by atoms with Crippen LogP contribution in [0.1, 0.15) is 5.56 Å². The fourth-order valence-corrected chi connectivity index (χ4v) is 4.47. The van der Waals surface area contributed by atoms with Gasteiger partial charge >= 0.3 is 0 Å². The molecule has 0 radical (unpaired) electrons. The lowest BCUT2D eigenvalue weighted by Gasteiger charge is -2.11. The number of amides is 1. The van der Waals surface area contributed by atoms with Crippen molar-refractivity contribution in [2.24, 2.45) is 0 Å². The molecular weight excluding hydrogens is 504 g/mol. The highest BCUT2D eigenvalue weighted by Gasteiger charge is 2.19. The van der Waals surface area contributed by atoms with Gasteiger partial charge in [0.05, 0.1) is 12.1 Å². The Bertz CT molecular complexity index is 1230. The van der Waals surface area contributed by atoms with Crippen molar-refractivity contribution in [3.63, 3.8) is 0 Å². The number of ether oxygens (including phenoxy) is 1. The van der Waals surface area contributed by atoms with Gasteiger partial charge in [-0.15, -0.1) is 0 Å². The van der Waals surface area contributed by atoms with Crippen LogP contribution < -0.4 is 14.8 Å². The van der Waals surface area contributed by atoms with Crippen LogP contribution in [-0.4, -0.2) is 21.4 Å². The van der Waals surface area contributed by atoms with E-state index in [2.05, 4.69) is 26.0 Å². The second-order valence-electron chi connectivity index (χ2n) is 6.36. The third-order valence-electron chi connectivity index (χ3n) is 4.11. The molecule has 0 heterocycles. The molecule has 3 aromatic carbocycles. The molecule has 3 rings (SSSR count). The summed E-state index contributed by atoms with van der Waals surface area (Å²) in [7, 11) is -2.40. The maximum absolute atomic E-state index is 12.8. The van der Waals surface area contributed by atoms with Crippen LogP contribution in [0.15, 0.2) is 82.2 Å². The predicted octanol–water partition coefficient (Wildman–Crippen LogP) is 5.56. The monoisotopic (exact) mass is 520 g/mol. The highest BCUT2D eigenvalue weighted by molar-refractivity contribution is 9.10. The Kier molecular flexibility index (Phi) is 7.37. The van der Waals surface area contributed by atoms with E-state index in [0.717, 1.165) is 10.0 Å². The number of methoxy groups -OCH3 is 1. The Morgan fingerprint density at radius 1 is 1.03 bits per heavy atom. The third kappa shape index (κ3) is 6.33. The number of hydrogen-bond acceptors (Lipinski definition) is 4. The van der Waals surface area contributed by atoms with Gasteiger partial charge in [-0.05, 0) is 66.2 Å². The molecular formula is C22H18BrClN2O4S. The largest absolute Gasteiger partial charge is 0.497 e. The normalized spacial score (nSPS) is 11.3. The molecule has 0 spiro atoms. The lowest BCUT2D eigenvalue weighted by molar-refractivity contribution is -0.111. The molecule has 0 unspecified atom stereocenters. The number of carbonyl (C=O) groups excluding carboxylic acids is 1. The smallest absolute Gasteiger partial charge is 0.263 e. The first-order chi connectivity index (χ1) is 14.8. The highest BCUT2D eigenvalue weighted by atomic mass is 79.9. The van der Waals surface area contributed by atoms with E-state index in [4.69, 9.17) is 16.3 Å². The standard InChI is InChI=1S/C22H18BrClN2O4S/c1-30-19-4-2-3-15(13-19)5-12-22(27)25-18-10-11-20(24)21(14-18)31(28,29)26-17-8-6-16(23)7-9-17/h2-14,26H,1H3,(H,25,27). The molecule has 0 atom stereocenters. The zero-order valence-corrected chi connectivity index (χ0v) is 19.5. The first-order valence-corrected chi connectivity index (χ1v) is 11.6. The van der Waals surface area contributed by atoms with Crippen LogP contribution in [0.5, 0.6) is 5.75 Å². The molecule has 0 saturated carbocycles. The van der Waals surface area contributed by atoms with Crippen molar-refractivity contribution in [1.82, 2.24) is 0 Å². The molecule has 0 saturated heterocycles. The molecule has 160 valence electrons. The molecule has 0 bridgehead atoms. The Morgan fingerprint density at radius 2 is 1.74 bits per heavy atom. The molecule has 9 heteroatoms. The zero-order chi connectivity index (χ0) is 22.4. The molecule has 2 N–H and O–H groups in total. The number of benzene rings is 3. The van der Waals surface area contributed by atoms with Gasteiger partial charge in [-0.2, -0.15) is 0 Å². The fourth-order valence-electron chi connectivity index (χ4n) is 2.62. The van der Waals surface area contributed by atoms with Gasteiger partial charge in [-0.3, -0.25) is 9.52 Å². The molecule has 31 heavy (non-hydrogen) atoms. The number of nitrogens with one attached hydrogen (secondary N) is 2. The first kappa shape index (κ1) is 22.9. The average Bonchev–Trinajstić information content (AvgIpc) is 2.75. The summed E-state index contributed by atoms with van der Waals surface area (Å²) in [6.45, 7) is 0. The van der Waals surface area contributed by atoms with Crippen LogP contribution in [0.3, 0.4) is 0 Å². The summed E-state index contributed by atoms with van der Waals surface area (Å²) in [6, 6.07) is 18.1. The summed E-state index contributed by atoms with van der Waals surface area (Å²) in [5, 5.41) is 2.67. The average molecular weight is 522 g/mol. The molecule has 0 aliphatic carbocycles. The van der Waals surface area contributed by atoms with Crippen molar-refractivity contribution >= 4 is 60.9 Å². The van der Waals surface area contributed by atoms with Gasteiger partial charge in [-0.1, -0.05) is 39.7 Å². The minimum absolute atomic E-state index is 0.0366. The van der Waals surface area contributed by atoms with E-state index in [9.17, 15) is 13.2 Å². The minimum Gasteiger partial charge on any atom is -0.497 e. The van der Waals surface area contributed by atoms with Crippen LogP contribution in [0, 0.1) is 0 Å². The molecule has 0 aliphatic heterocycles. The number of anilines is 2. The van der Waals surface area contributed by atoms with Crippen molar-refractivity contribution in [3.05, 3.63) is 87.9 Å². The summed E-state index contributed by atoms with van der Waals surface area (Å²) in [5.74, 6) is 0.253. The summed E-state index contributed by atoms with van der Waals surface area (Å²) >= 11 is 9.41. The van der Waals surface area contributed by atoms with E-state index in [-0.39, 0.29) is 9.92 Å². The Balaban J connectivity index is 1.76. The number of sulfonamides is 1. The van der Waals surface area contributed by atoms with Crippen LogP contribution in [-0.2, 0) is 14.8 Å². The van der Waals surface area contributed by atoms with E-state index in [1.54, 1.807) is 49.6 Å². The van der Waals surface area contributed by atoms with Gasteiger partial charge in [-0.25, -0.2) is 8.42 Å². The van der Waals surface area contributed by atoms with Gasteiger partial charge in [0.25, 0.3) is 10.0 Å². The number of halogens is 2. The van der Waals surface area contributed by atoms with E-state index in [1.807, 2.05) is 12.1 Å². The van der Waals surface area contributed by atoms with Crippen LogP contribution in [0.2, 0.25) is 5.02 Å². The third-order valence-corrected chi connectivity index (χ3v) is 6.50. The molecule has 3 aromatic rings. The number of hydrogen-bond donors (Lipinski definition) is 2. The van der Waals surface area contributed by atoms with E-state index >= 15 is 0 Å². The molecule has 0 fully saturated rings. The van der Waals surface area contributed by atoms with Crippen LogP contribution in [0.4, 0.5) is 11.4 Å². The number of rotatable bonds is 7. The number of carbonyl (C=O) groups is 1. The van der Waals surface area contributed by atoms with Crippen molar-refractivity contribution in [3.8, 4) is 5.75 Å². The van der Waals surface area contributed by atoms with E-state index in [1.165, 1.54) is 24.3 Å². The predicted molar refractivity (Wildman–Crippen MR) is 127 cm³/mol. The summed E-state index contributed by atoms with van der Waals surface area (Å²) in [6.07, 6.45) is 2.97. The second kappa shape index (κ2) is 10.00. The van der Waals surface area contributed by atoms with E-state index < -0.39 is 15.9 Å². The van der Waals surface area contributed by atoms with Crippen molar-refractivity contribution in [1.29, 1.82) is 0 Å². The topological polar surface area (TPSA) is 84.5 Å². The zero-order valence-electron chi connectivity index (χ0n) is 16.3. The minimum atomic E-state index is -3.96. The highest BCUT2D eigenvalue weighted by Crippen LogP contribution is 2.27. The first-order valence-electron chi connectivity index (χ1n) is 8.98. The van der Waals surface area contributed by atoms with Crippen molar-refractivity contribution < 1.29 is 17.9 Å². The molecule has 0 aromatic heterocycles. The SMILES string of the molecule is COc1cccc(C=CC(=O)Nc2ccc(Cl)c(S(=O)(=O)Nc3ccc(Br)cc3)c2)c1. The maximum Gasteiger partial charge on any atom is 0.263 e. The molecule has 0 aliphatic rings. The summed E-state index contributed by atoms with van der Waals surface area (Å²) < 4.78 is 34.0. The van der Waals surface area contributed by atoms with Crippen molar-refractivity contribution in [2.45, 2.75) is 4.90 Å². The Labute approximate surface area is 194 Å². The lowest BCUT2D eigenvalue weighted by Crippen LogP contribution is -2.14. The quantitative estimate of drug-likeness (QED) is 0.399. The Hall–Kier alpha value is -2.81. The van der Waals surface area contributed by atoms with Gasteiger partial charge in [0.15, 0.2) is 0 Å². The van der Waals surface area contributed by atoms with Gasteiger partial charge in [0, 0.05) is 21.9 Å². The lowest BCUT2D eigenvalue weighted by atomic mass is 10.2. The summed E-state index contributed by atoms with van der Waals surface area (Å²) in [4.78, 5) is 12.1. The fraction of sp³-hybridized carbons (Fsp3) is 0.0455. The van der Waals surface area contributed by atoms with Gasteiger partial charge in [0.1, 0.15) is 10.6 Å². The van der Waals surface area contributed by atoms with Crippen LogP contribution in [0.25, 0.3) is 6.08 Å². The van der Waals surface area contributed by atoms with Gasteiger partial charge in [0.2, 0.25) is 5.91 Å². The maximum atomic E-state index is 12.8. The molecule has 1 amide bonds. The van der Waals surface area contributed by atoms with Gasteiger partial charge < -0.3 is 10.1 Å². The summed E-state index contributed by atoms with van der Waals surface area (Å²) in [5.41, 5.74) is 1.46.